The van der Waals surface area contributed by atoms with E-state index in [4.69, 9.17) is 9.47 Å². The molecule has 2 aliphatic rings. The fraction of sp³-hybridized carbons (Fsp3) is 0.357. The highest BCUT2D eigenvalue weighted by atomic mass is 16.5. The van der Waals surface area contributed by atoms with E-state index in [1.54, 1.807) is 6.20 Å². The molecule has 0 amide bonds. The van der Waals surface area contributed by atoms with Gasteiger partial charge >= 0.3 is 0 Å². The molecule has 2 aromatic rings. The normalized spacial score (nSPS) is 16.0. The second-order valence-corrected chi connectivity index (χ2v) is 4.75. The fourth-order valence-corrected chi connectivity index (χ4v) is 2.82. The molecule has 2 aliphatic heterocycles. The third-order valence-corrected chi connectivity index (χ3v) is 3.66. The lowest BCUT2D eigenvalue weighted by Gasteiger charge is -2.13. The van der Waals surface area contributed by atoms with E-state index in [1.165, 1.54) is 16.7 Å². The fourth-order valence-electron chi connectivity index (χ4n) is 2.82. The van der Waals surface area contributed by atoms with Crippen LogP contribution in [0.4, 0.5) is 0 Å². The quantitative estimate of drug-likeness (QED) is 0.805. The predicted octanol–water partition coefficient (Wildman–Crippen LogP) is 1.80. The van der Waals surface area contributed by atoms with Gasteiger partial charge in [-0.15, -0.1) is 0 Å². The van der Waals surface area contributed by atoms with Gasteiger partial charge < -0.3 is 14.0 Å². The lowest BCUT2D eigenvalue weighted by Crippen LogP contribution is -2.03. The summed E-state index contributed by atoms with van der Waals surface area (Å²) in [5.41, 5.74) is 3.87. The molecule has 0 aliphatic carbocycles. The van der Waals surface area contributed by atoms with E-state index in [-0.39, 0.29) is 0 Å². The molecule has 92 valence electrons. The van der Waals surface area contributed by atoms with E-state index >= 15 is 0 Å². The molecule has 1 aromatic heterocycles. The Bertz CT molecular complexity index is 558. The summed E-state index contributed by atoms with van der Waals surface area (Å²) in [5.74, 6) is 2.13. The van der Waals surface area contributed by atoms with Crippen LogP contribution in [0.2, 0.25) is 0 Å². The summed E-state index contributed by atoms with van der Waals surface area (Å²) < 4.78 is 13.6. The Morgan fingerprint density at radius 1 is 1.22 bits per heavy atom. The van der Waals surface area contributed by atoms with E-state index < -0.39 is 0 Å². The van der Waals surface area contributed by atoms with Crippen LogP contribution in [0.3, 0.4) is 0 Å². The van der Waals surface area contributed by atoms with Crippen molar-refractivity contribution in [2.24, 2.45) is 0 Å². The lowest BCUT2D eigenvalue weighted by atomic mass is 9.99. The van der Waals surface area contributed by atoms with Crippen molar-refractivity contribution in [3.63, 3.8) is 0 Å². The third-order valence-electron chi connectivity index (χ3n) is 3.66. The average molecular weight is 242 g/mol. The summed E-state index contributed by atoms with van der Waals surface area (Å²) in [7, 11) is 0. The highest BCUT2D eigenvalue weighted by Gasteiger charge is 2.26. The maximum atomic E-state index is 5.81. The van der Waals surface area contributed by atoms with Crippen molar-refractivity contribution in [3.8, 4) is 11.5 Å². The lowest BCUT2D eigenvalue weighted by molar-refractivity contribution is 0.352. The van der Waals surface area contributed by atoms with Crippen molar-refractivity contribution >= 4 is 0 Å². The molecule has 4 nitrogen and oxygen atoms in total. The molecule has 0 atom stereocenters. The van der Waals surface area contributed by atoms with Crippen LogP contribution in [-0.4, -0.2) is 22.8 Å². The second kappa shape index (κ2) is 3.77. The summed E-state index contributed by atoms with van der Waals surface area (Å²) in [6.45, 7) is 2.39. The van der Waals surface area contributed by atoms with Gasteiger partial charge in [0.1, 0.15) is 11.5 Å². The van der Waals surface area contributed by atoms with Gasteiger partial charge in [-0.3, -0.25) is 0 Å². The third kappa shape index (κ3) is 1.41. The molecule has 4 heteroatoms. The molecule has 18 heavy (non-hydrogen) atoms. The zero-order valence-corrected chi connectivity index (χ0v) is 10.1. The van der Waals surface area contributed by atoms with Gasteiger partial charge in [-0.1, -0.05) is 0 Å². The summed E-state index contributed by atoms with van der Waals surface area (Å²) >= 11 is 0. The van der Waals surface area contributed by atoms with Gasteiger partial charge in [-0.25, -0.2) is 4.98 Å². The van der Waals surface area contributed by atoms with Gasteiger partial charge in [0.15, 0.2) is 0 Å². The zero-order valence-electron chi connectivity index (χ0n) is 10.1. The zero-order chi connectivity index (χ0) is 11.9. The summed E-state index contributed by atoms with van der Waals surface area (Å²) in [6, 6.07) is 2.15. The first-order valence-corrected chi connectivity index (χ1v) is 6.31. The Kier molecular flexibility index (Phi) is 2.09. The van der Waals surface area contributed by atoms with Gasteiger partial charge in [-0.05, 0) is 6.07 Å². The molecule has 0 radical (unpaired) electrons. The number of fused-ring (bicyclic) bond motifs is 2. The number of hydrogen-bond acceptors (Lipinski definition) is 3. The van der Waals surface area contributed by atoms with Crippen LogP contribution in [0.25, 0.3) is 0 Å². The number of benzene rings is 1. The number of imidazole rings is 1. The molecule has 4 rings (SSSR count). The Balaban J connectivity index is 1.85. The molecule has 0 saturated carbocycles. The van der Waals surface area contributed by atoms with E-state index in [0.29, 0.717) is 0 Å². The highest BCUT2D eigenvalue weighted by Crippen LogP contribution is 2.40. The van der Waals surface area contributed by atoms with Crippen molar-refractivity contribution in [3.05, 3.63) is 41.5 Å². The van der Waals surface area contributed by atoms with E-state index in [0.717, 1.165) is 44.1 Å². The van der Waals surface area contributed by atoms with Crippen LogP contribution in [0.5, 0.6) is 11.5 Å². The van der Waals surface area contributed by atoms with Gasteiger partial charge in [0, 0.05) is 41.9 Å². The minimum atomic E-state index is 0.787. The molecule has 0 saturated heterocycles. The Morgan fingerprint density at radius 2 is 2.17 bits per heavy atom. The number of rotatable bonds is 2. The number of nitrogens with zero attached hydrogens (tertiary/aromatic N) is 2. The highest BCUT2D eigenvalue weighted by molar-refractivity contribution is 5.56. The number of aromatic nitrogens is 2. The standard InChI is InChI=1S/C14H14N2O2/c1-5-18-14-10(1)7-13-11(2-6-17-13)12(14)8-16-4-3-15-9-16/h3-4,7,9H,1-2,5-6,8H2. The van der Waals surface area contributed by atoms with Gasteiger partial charge in [-0.2, -0.15) is 0 Å². The monoisotopic (exact) mass is 242 g/mol. The molecular formula is C14H14N2O2. The van der Waals surface area contributed by atoms with Gasteiger partial charge in [0.25, 0.3) is 0 Å². The van der Waals surface area contributed by atoms with E-state index in [1.807, 2.05) is 12.5 Å². The summed E-state index contributed by atoms with van der Waals surface area (Å²) in [4.78, 5) is 4.10. The van der Waals surface area contributed by atoms with Crippen molar-refractivity contribution in [1.82, 2.24) is 9.55 Å². The number of hydrogen-bond donors (Lipinski definition) is 0. The maximum absolute atomic E-state index is 5.81. The first-order chi connectivity index (χ1) is 8.92. The molecule has 0 N–H and O–H groups in total. The number of ether oxygens (including phenoxy) is 2. The Labute approximate surface area is 105 Å². The molecule has 1 aromatic carbocycles. The smallest absolute Gasteiger partial charge is 0.128 e. The average Bonchev–Trinajstić information content (AvgIpc) is 3.08. The molecular weight excluding hydrogens is 228 g/mol. The van der Waals surface area contributed by atoms with Crippen molar-refractivity contribution in [2.75, 3.05) is 13.2 Å². The Morgan fingerprint density at radius 3 is 3.06 bits per heavy atom. The van der Waals surface area contributed by atoms with Crippen LogP contribution in [0, 0.1) is 0 Å². The van der Waals surface area contributed by atoms with E-state index in [9.17, 15) is 0 Å². The van der Waals surface area contributed by atoms with Crippen LogP contribution >= 0.6 is 0 Å². The predicted molar refractivity (Wildman–Crippen MR) is 66.2 cm³/mol. The topological polar surface area (TPSA) is 36.3 Å². The minimum Gasteiger partial charge on any atom is -0.493 e. The SMILES string of the molecule is c1cn(Cc2c3c(cc4c2OCC4)OCC3)cn1. The van der Waals surface area contributed by atoms with Crippen LogP contribution in [-0.2, 0) is 19.4 Å². The van der Waals surface area contributed by atoms with Crippen molar-refractivity contribution in [1.29, 1.82) is 0 Å². The van der Waals surface area contributed by atoms with E-state index in [2.05, 4.69) is 15.6 Å². The van der Waals surface area contributed by atoms with Crippen molar-refractivity contribution in [2.45, 2.75) is 19.4 Å². The summed E-state index contributed by atoms with van der Waals surface area (Å²) in [5, 5.41) is 0. The van der Waals surface area contributed by atoms with Gasteiger partial charge in [0.2, 0.25) is 0 Å². The largest absolute Gasteiger partial charge is 0.493 e. The van der Waals surface area contributed by atoms with Crippen LogP contribution in [0.15, 0.2) is 24.8 Å². The molecule has 0 spiro atoms. The van der Waals surface area contributed by atoms with Crippen LogP contribution < -0.4 is 9.47 Å². The second-order valence-electron chi connectivity index (χ2n) is 4.75. The molecule has 3 heterocycles. The van der Waals surface area contributed by atoms with Gasteiger partial charge in [0.05, 0.1) is 26.1 Å². The summed E-state index contributed by atoms with van der Waals surface area (Å²) in [6.07, 6.45) is 7.60. The molecule has 0 unspecified atom stereocenters. The molecule has 0 bridgehead atoms. The Hall–Kier alpha value is -1.97. The minimum absolute atomic E-state index is 0.787. The molecule has 0 fully saturated rings. The van der Waals surface area contributed by atoms with Crippen LogP contribution in [0.1, 0.15) is 16.7 Å². The van der Waals surface area contributed by atoms with Crippen molar-refractivity contribution < 1.29 is 9.47 Å². The maximum Gasteiger partial charge on any atom is 0.128 e. The first kappa shape index (κ1) is 10.00. The first-order valence-electron chi connectivity index (χ1n) is 6.31.